The maximum Gasteiger partial charge on any atom is 0.192 e. The van der Waals surface area contributed by atoms with E-state index in [4.69, 9.17) is 0 Å². The van der Waals surface area contributed by atoms with Crippen molar-refractivity contribution in [1.29, 1.82) is 0 Å². The van der Waals surface area contributed by atoms with E-state index >= 15 is 0 Å². The fraction of sp³-hybridized carbons (Fsp3) is 0.350. The van der Waals surface area contributed by atoms with Crippen molar-refractivity contribution < 1.29 is 4.79 Å². The first-order chi connectivity index (χ1) is 13.1. The summed E-state index contributed by atoms with van der Waals surface area (Å²) in [5, 5.41) is 11.7. The number of ketones is 1. The third-order valence-corrected chi connectivity index (χ3v) is 6.65. The number of hydrogen-bond acceptors (Lipinski definition) is 5. The molecule has 3 aromatic heterocycles. The summed E-state index contributed by atoms with van der Waals surface area (Å²) in [6.07, 6.45) is 4.16. The lowest BCUT2D eigenvalue weighted by Gasteiger charge is -2.08. The van der Waals surface area contributed by atoms with Crippen molar-refractivity contribution in [2.24, 2.45) is 0 Å². The molecule has 5 nitrogen and oxygen atoms in total. The Bertz CT molecular complexity index is 980. The molecule has 0 aliphatic heterocycles. The van der Waals surface area contributed by atoms with Gasteiger partial charge >= 0.3 is 0 Å². The van der Waals surface area contributed by atoms with E-state index < -0.39 is 0 Å². The van der Waals surface area contributed by atoms with E-state index in [2.05, 4.69) is 37.4 Å². The predicted octanol–water partition coefficient (Wildman–Crippen LogP) is 4.92. The summed E-state index contributed by atoms with van der Waals surface area (Å²) in [7, 11) is 0. The minimum absolute atomic E-state index is 0.131. The number of rotatable bonds is 8. The van der Waals surface area contributed by atoms with Crippen molar-refractivity contribution in [3.05, 3.63) is 53.2 Å². The molecule has 0 radical (unpaired) electrons. The van der Waals surface area contributed by atoms with Crippen LogP contribution in [0, 0.1) is 13.8 Å². The van der Waals surface area contributed by atoms with Gasteiger partial charge in [0.15, 0.2) is 16.8 Å². The zero-order chi connectivity index (χ0) is 19.0. The number of aryl methyl sites for hydroxylation is 1. The summed E-state index contributed by atoms with van der Waals surface area (Å²) in [5.74, 6) is 1.42. The van der Waals surface area contributed by atoms with E-state index in [0.717, 1.165) is 52.2 Å². The van der Waals surface area contributed by atoms with Crippen LogP contribution in [0.4, 0.5) is 0 Å². The number of thiophene rings is 1. The first-order valence-corrected chi connectivity index (χ1v) is 10.9. The summed E-state index contributed by atoms with van der Waals surface area (Å²) < 4.78 is 4.33. The molecule has 0 spiro atoms. The molecule has 4 rings (SSSR count). The summed E-state index contributed by atoms with van der Waals surface area (Å²) >= 11 is 3.16. The first kappa shape index (κ1) is 18.3. The van der Waals surface area contributed by atoms with Gasteiger partial charge in [-0.05, 0) is 44.2 Å². The topological polar surface area (TPSA) is 52.7 Å². The number of hydrogen-bond donors (Lipinski definition) is 0. The highest BCUT2D eigenvalue weighted by molar-refractivity contribution is 7.99. The molecule has 27 heavy (non-hydrogen) atoms. The molecule has 3 heterocycles. The monoisotopic (exact) mass is 398 g/mol. The van der Waals surface area contributed by atoms with Crippen LogP contribution in [0.1, 0.15) is 40.6 Å². The molecule has 0 atom stereocenters. The van der Waals surface area contributed by atoms with Gasteiger partial charge in [0, 0.05) is 29.5 Å². The first-order valence-electron chi connectivity index (χ1n) is 9.02. The Morgan fingerprint density at radius 1 is 1.41 bits per heavy atom. The van der Waals surface area contributed by atoms with E-state index in [1.165, 1.54) is 11.8 Å². The average Bonchev–Trinajstić information content (AvgIpc) is 3.06. The quantitative estimate of drug-likeness (QED) is 0.307. The van der Waals surface area contributed by atoms with Crippen molar-refractivity contribution >= 4 is 28.9 Å². The highest BCUT2D eigenvalue weighted by atomic mass is 32.2. The van der Waals surface area contributed by atoms with Gasteiger partial charge in [-0.25, -0.2) is 0 Å². The van der Waals surface area contributed by atoms with Crippen LogP contribution in [0.3, 0.4) is 0 Å². The van der Waals surface area contributed by atoms with Gasteiger partial charge in [0.25, 0.3) is 0 Å². The fourth-order valence-electron chi connectivity index (χ4n) is 3.31. The molecule has 0 amide bonds. The lowest BCUT2D eigenvalue weighted by Crippen LogP contribution is -2.07. The molecule has 0 saturated heterocycles. The van der Waals surface area contributed by atoms with Crippen LogP contribution in [-0.4, -0.2) is 30.9 Å². The number of aromatic nitrogens is 4. The van der Waals surface area contributed by atoms with Gasteiger partial charge in [-0.1, -0.05) is 23.9 Å². The van der Waals surface area contributed by atoms with Gasteiger partial charge in [0.2, 0.25) is 0 Å². The number of nitrogens with zero attached hydrogens (tertiary/aromatic N) is 4. The van der Waals surface area contributed by atoms with Crippen LogP contribution in [0.15, 0.2) is 41.4 Å². The molecule has 0 bridgehead atoms. The highest BCUT2D eigenvalue weighted by Gasteiger charge is 2.30. The van der Waals surface area contributed by atoms with Gasteiger partial charge in [0.05, 0.1) is 10.6 Å². The molecular weight excluding hydrogens is 376 g/mol. The van der Waals surface area contributed by atoms with Crippen LogP contribution in [-0.2, 0) is 6.54 Å². The van der Waals surface area contributed by atoms with Crippen LogP contribution >= 0.6 is 23.1 Å². The van der Waals surface area contributed by atoms with Crippen molar-refractivity contribution in [2.45, 2.75) is 44.4 Å². The molecule has 1 fully saturated rings. The third-order valence-electron chi connectivity index (χ3n) is 4.84. The standard InChI is InChI=1S/C20H22N4OS2/c1-4-9-23-13(2)11-16(14(23)3)17(25)12-27-20-22-21-19(18-6-5-10-26-18)24(20)15-7-8-15/h4-6,10-11,15H,1,7-9,12H2,2-3H3. The predicted molar refractivity (Wildman–Crippen MR) is 111 cm³/mol. The lowest BCUT2D eigenvalue weighted by atomic mass is 10.2. The molecule has 0 N–H and O–H groups in total. The summed E-state index contributed by atoms with van der Waals surface area (Å²) in [6, 6.07) is 6.54. The van der Waals surface area contributed by atoms with E-state index in [1.54, 1.807) is 11.3 Å². The van der Waals surface area contributed by atoms with Crippen molar-refractivity contribution in [1.82, 2.24) is 19.3 Å². The molecular formula is C20H22N4OS2. The van der Waals surface area contributed by atoms with Crippen molar-refractivity contribution in [3.8, 4) is 10.7 Å². The van der Waals surface area contributed by atoms with Gasteiger partial charge in [-0.2, -0.15) is 0 Å². The minimum atomic E-state index is 0.131. The minimum Gasteiger partial charge on any atom is -0.345 e. The largest absolute Gasteiger partial charge is 0.345 e. The van der Waals surface area contributed by atoms with E-state index in [-0.39, 0.29) is 5.78 Å². The molecule has 140 valence electrons. The van der Waals surface area contributed by atoms with Crippen LogP contribution < -0.4 is 0 Å². The summed E-state index contributed by atoms with van der Waals surface area (Å²) in [6.45, 7) is 8.54. The van der Waals surface area contributed by atoms with Gasteiger partial charge < -0.3 is 4.57 Å². The Morgan fingerprint density at radius 3 is 2.89 bits per heavy atom. The Hall–Kier alpha value is -2.12. The van der Waals surface area contributed by atoms with Gasteiger partial charge in [0.1, 0.15) is 0 Å². The van der Waals surface area contributed by atoms with Crippen LogP contribution in [0.2, 0.25) is 0 Å². The Balaban J connectivity index is 1.53. The average molecular weight is 399 g/mol. The van der Waals surface area contributed by atoms with Crippen LogP contribution in [0.25, 0.3) is 10.7 Å². The molecule has 0 unspecified atom stereocenters. The van der Waals surface area contributed by atoms with Gasteiger partial charge in [-0.3, -0.25) is 9.36 Å². The molecule has 1 saturated carbocycles. The van der Waals surface area contributed by atoms with E-state index in [0.29, 0.717) is 11.8 Å². The van der Waals surface area contributed by atoms with E-state index in [1.807, 2.05) is 32.1 Å². The molecule has 0 aromatic carbocycles. The number of thioether (sulfide) groups is 1. The third kappa shape index (κ3) is 3.53. The highest BCUT2D eigenvalue weighted by Crippen LogP contribution is 2.41. The Kier molecular flexibility index (Phi) is 5.06. The number of carbonyl (C=O) groups excluding carboxylic acids is 1. The maximum atomic E-state index is 12.8. The Morgan fingerprint density at radius 2 is 2.22 bits per heavy atom. The number of allylic oxidation sites excluding steroid dienone is 1. The lowest BCUT2D eigenvalue weighted by molar-refractivity contribution is 0.102. The zero-order valence-electron chi connectivity index (χ0n) is 15.5. The van der Waals surface area contributed by atoms with Crippen molar-refractivity contribution in [3.63, 3.8) is 0 Å². The van der Waals surface area contributed by atoms with Crippen molar-refractivity contribution in [2.75, 3.05) is 5.75 Å². The second kappa shape index (κ2) is 7.48. The van der Waals surface area contributed by atoms with Crippen LogP contribution in [0.5, 0.6) is 0 Å². The van der Waals surface area contributed by atoms with E-state index in [9.17, 15) is 4.79 Å². The molecule has 1 aliphatic rings. The second-order valence-electron chi connectivity index (χ2n) is 6.78. The smallest absolute Gasteiger partial charge is 0.192 e. The molecule has 7 heteroatoms. The molecule has 3 aromatic rings. The number of carbonyl (C=O) groups is 1. The zero-order valence-corrected chi connectivity index (χ0v) is 17.1. The Labute approximate surface area is 167 Å². The number of Topliss-reactive ketones (excluding diaryl/α,β-unsaturated/α-hetero) is 1. The second-order valence-corrected chi connectivity index (χ2v) is 8.67. The SMILES string of the molecule is C=CCn1c(C)cc(C(=O)CSc2nnc(-c3cccs3)n2C2CC2)c1C. The normalized spacial score (nSPS) is 13.9. The summed E-state index contributed by atoms with van der Waals surface area (Å²) in [4.78, 5) is 14.0. The summed E-state index contributed by atoms with van der Waals surface area (Å²) in [5.41, 5.74) is 2.88. The van der Waals surface area contributed by atoms with Gasteiger partial charge in [-0.15, -0.1) is 28.1 Å². The molecule has 1 aliphatic carbocycles. The fourth-order valence-corrected chi connectivity index (χ4v) is 4.91. The maximum absolute atomic E-state index is 12.8.